The maximum absolute atomic E-state index is 13.0. The van der Waals surface area contributed by atoms with Crippen molar-refractivity contribution in [1.29, 1.82) is 0 Å². The number of sulfonamides is 1. The first-order valence-corrected chi connectivity index (χ1v) is 11.7. The Kier molecular flexibility index (Phi) is 7.42. The summed E-state index contributed by atoms with van der Waals surface area (Å²) in [4.78, 5) is 18.8. The minimum atomic E-state index is -3.83. The molecule has 7 nitrogen and oxygen atoms in total. The van der Waals surface area contributed by atoms with Crippen molar-refractivity contribution in [1.82, 2.24) is 4.98 Å². The minimum absolute atomic E-state index is 0.0389. The van der Waals surface area contributed by atoms with Crippen molar-refractivity contribution in [2.24, 2.45) is 0 Å². The zero-order valence-electron chi connectivity index (χ0n) is 17.9. The fraction of sp³-hybridized carbons (Fsp3) is 0.217. The molecule has 1 heterocycles. The number of pyridine rings is 1. The third kappa shape index (κ3) is 6.04. The highest BCUT2D eigenvalue weighted by Gasteiger charge is 2.14. The Hall–Kier alpha value is -3.46. The number of nitrogens with one attached hydrogen (secondary N) is 2. The van der Waals surface area contributed by atoms with Crippen molar-refractivity contribution in [3.05, 3.63) is 78.2 Å². The van der Waals surface area contributed by atoms with Crippen LogP contribution in [0.1, 0.15) is 19.4 Å². The number of hydrogen-bond acceptors (Lipinski definition) is 5. The average Bonchev–Trinajstić information content (AvgIpc) is 2.77. The monoisotopic (exact) mass is 456 g/mol. The molecule has 3 rings (SSSR count). The van der Waals surface area contributed by atoms with E-state index in [9.17, 15) is 17.6 Å². The molecular weight excluding hydrogens is 431 g/mol. The number of carbonyl (C=O) groups is 1. The van der Waals surface area contributed by atoms with Gasteiger partial charge in [-0.2, -0.15) is 0 Å². The van der Waals surface area contributed by atoms with Crippen LogP contribution in [-0.4, -0.2) is 32.4 Å². The van der Waals surface area contributed by atoms with Crippen LogP contribution in [0.2, 0.25) is 0 Å². The second-order valence-electron chi connectivity index (χ2n) is 7.06. The molecule has 32 heavy (non-hydrogen) atoms. The Bertz CT molecular complexity index is 1150. The van der Waals surface area contributed by atoms with E-state index in [0.29, 0.717) is 11.4 Å². The van der Waals surface area contributed by atoms with Crippen LogP contribution in [0.5, 0.6) is 0 Å². The van der Waals surface area contributed by atoms with Gasteiger partial charge in [0.1, 0.15) is 11.6 Å². The van der Waals surface area contributed by atoms with Crippen LogP contribution in [-0.2, 0) is 21.2 Å². The molecule has 168 valence electrons. The average molecular weight is 457 g/mol. The SMILES string of the molecule is CCN(CC)c1ccc(NC(=O)Cc2ccc(NS(=O)(=O)c3ccc(F)cc3)cc2)cn1. The lowest BCUT2D eigenvalue weighted by Gasteiger charge is -2.19. The number of halogens is 1. The smallest absolute Gasteiger partial charge is 0.261 e. The molecule has 1 aromatic heterocycles. The van der Waals surface area contributed by atoms with Gasteiger partial charge in [-0.3, -0.25) is 9.52 Å². The number of rotatable bonds is 9. The van der Waals surface area contributed by atoms with Gasteiger partial charge in [0.05, 0.1) is 23.2 Å². The molecule has 0 atom stereocenters. The first-order chi connectivity index (χ1) is 15.3. The zero-order chi connectivity index (χ0) is 23.1. The Morgan fingerprint density at radius 2 is 1.56 bits per heavy atom. The molecule has 2 aromatic carbocycles. The number of benzene rings is 2. The Balaban J connectivity index is 1.58. The van der Waals surface area contributed by atoms with Crippen LogP contribution in [0.15, 0.2) is 71.8 Å². The van der Waals surface area contributed by atoms with Crippen molar-refractivity contribution in [2.45, 2.75) is 25.2 Å². The lowest BCUT2D eigenvalue weighted by molar-refractivity contribution is -0.115. The van der Waals surface area contributed by atoms with Gasteiger partial charge >= 0.3 is 0 Å². The lowest BCUT2D eigenvalue weighted by atomic mass is 10.1. The second kappa shape index (κ2) is 10.2. The Labute approximate surface area is 187 Å². The number of hydrogen-bond donors (Lipinski definition) is 2. The fourth-order valence-corrected chi connectivity index (χ4v) is 4.16. The standard InChI is InChI=1S/C23H25FN4O3S/c1-3-28(4-2)22-14-11-20(16-25-22)26-23(29)15-17-5-9-19(10-6-17)27-32(30,31)21-12-7-18(24)8-13-21/h5-14,16,27H,3-4,15H2,1-2H3,(H,26,29). The highest BCUT2D eigenvalue weighted by atomic mass is 32.2. The molecule has 0 saturated heterocycles. The van der Waals surface area contributed by atoms with Gasteiger partial charge in [0.25, 0.3) is 10.0 Å². The largest absolute Gasteiger partial charge is 0.357 e. The number of nitrogens with zero attached hydrogens (tertiary/aromatic N) is 2. The quantitative estimate of drug-likeness (QED) is 0.507. The second-order valence-corrected chi connectivity index (χ2v) is 8.74. The minimum Gasteiger partial charge on any atom is -0.357 e. The van der Waals surface area contributed by atoms with E-state index < -0.39 is 15.8 Å². The molecule has 0 aliphatic carbocycles. The molecular formula is C23H25FN4O3S. The van der Waals surface area contributed by atoms with Gasteiger partial charge in [-0.15, -0.1) is 0 Å². The first kappa shape index (κ1) is 23.2. The highest BCUT2D eigenvalue weighted by molar-refractivity contribution is 7.92. The summed E-state index contributed by atoms with van der Waals surface area (Å²) in [6.07, 6.45) is 1.75. The van der Waals surface area contributed by atoms with Gasteiger partial charge in [-0.05, 0) is 67.9 Å². The molecule has 0 aliphatic heterocycles. The maximum Gasteiger partial charge on any atom is 0.261 e. The van der Waals surface area contributed by atoms with Gasteiger partial charge in [-0.1, -0.05) is 12.1 Å². The zero-order valence-corrected chi connectivity index (χ0v) is 18.7. The van der Waals surface area contributed by atoms with E-state index >= 15 is 0 Å². The highest BCUT2D eigenvalue weighted by Crippen LogP contribution is 2.18. The molecule has 0 saturated carbocycles. The van der Waals surface area contributed by atoms with E-state index in [0.717, 1.165) is 36.6 Å². The summed E-state index contributed by atoms with van der Waals surface area (Å²) in [5.41, 5.74) is 1.67. The van der Waals surface area contributed by atoms with Crippen molar-refractivity contribution in [2.75, 3.05) is 28.0 Å². The van der Waals surface area contributed by atoms with Crippen molar-refractivity contribution < 1.29 is 17.6 Å². The Morgan fingerprint density at radius 1 is 0.938 bits per heavy atom. The number of anilines is 3. The van der Waals surface area contributed by atoms with Gasteiger partial charge < -0.3 is 10.2 Å². The summed E-state index contributed by atoms with van der Waals surface area (Å²) >= 11 is 0. The molecule has 9 heteroatoms. The summed E-state index contributed by atoms with van der Waals surface area (Å²) in [6, 6.07) is 14.7. The van der Waals surface area contributed by atoms with Crippen molar-refractivity contribution in [3.63, 3.8) is 0 Å². The summed E-state index contributed by atoms with van der Waals surface area (Å²) < 4.78 is 40.2. The van der Waals surface area contributed by atoms with E-state index in [1.165, 1.54) is 12.1 Å². The van der Waals surface area contributed by atoms with Gasteiger partial charge in [-0.25, -0.2) is 17.8 Å². The molecule has 2 N–H and O–H groups in total. The third-order valence-electron chi connectivity index (χ3n) is 4.81. The van der Waals surface area contributed by atoms with Crippen LogP contribution in [0.3, 0.4) is 0 Å². The van der Waals surface area contributed by atoms with Crippen molar-refractivity contribution >= 4 is 33.1 Å². The number of amides is 1. The Morgan fingerprint density at radius 3 is 2.12 bits per heavy atom. The van der Waals surface area contributed by atoms with E-state index in [-0.39, 0.29) is 17.2 Å². The van der Waals surface area contributed by atoms with Crippen LogP contribution in [0.25, 0.3) is 0 Å². The van der Waals surface area contributed by atoms with Crippen LogP contribution in [0.4, 0.5) is 21.6 Å². The topological polar surface area (TPSA) is 91.4 Å². The van der Waals surface area contributed by atoms with Crippen LogP contribution in [0, 0.1) is 5.82 Å². The van der Waals surface area contributed by atoms with Gasteiger partial charge in [0.15, 0.2) is 0 Å². The molecule has 0 fully saturated rings. The maximum atomic E-state index is 13.0. The van der Waals surface area contributed by atoms with Gasteiger partial charge in [0, 0.05) is 18.8 Å². The van der Waals surface area contributed by atoms with E-state index in [1.807, 2.05) is 12.1 Å². The third-order valence-corrected chi connectivity index (χ3v) is 6.21. The molecule has 0 unspecified atom stereocenters. The molecule has 0 bridgehead atoms. The summed E-state index contributed by atoms with van der Waals surface area (Å²) in [5.74, 6) is 0.135. The lowest BCUT2D eigenvalue weighted by Crippen LogP contribution is -2.23. The van der Waals surface area contributed by atoms with Gasteiger partial charge in [0.2, 0.25) is 5.91 Å². The van der Waals surface area contributed by atoms with Crippen LogP contribution >= 0.6 is 0 Å². The number of aromatic nitrogens is 1. The molecule has 0 radical (unpaired) electrons. The molecule has 0 spiro atoms. The summed E-state index contributed by atoms with van der Waals surface area (Å²) in [7, 11) is -3.83. The number of carbonyl (C=O) groups excluding carboxylic acids is 1. The molecule has 1 amide bonds. The van der Waals surface area contributed by atoms with Crippen LogP contribution < -0.4 is 14.9 Å². The van der Waals surface area contributed by atoms with E-state index in [1.54, 1.807) is 30.5 Å². The predicted molar refractivity (Wildman–Crippen MR) is 124 cm³/mol. The van der Waals surface area contributed by atoms with E-state index in [2.05, 4.69) is 33.8 Å². The summed E-state index contributed by atoms with van der Waals surface area (Å²) in [6.45, 7) is 5.82. The van der Waals surface area contributed by atoms with E-state index in [4.69, 9.17) is 0 Å². The predicted octanol–water partition coefficient (Wildman–Crippen LogP) is 4.05. The summed E-state index contributed by atoms with van der Waals surface area (Å²) in [5, 5.41) is 2.81. The first-order valence-electron chi connectivity index (χ1n) is 10.2. The fourth-order valence-electron chi connectivity index (χ4n) is 3.10. The molecule has 0 aliphatic rings. The van der Waals surface area contributed by atoms with Crippen molar-refractivity contribution in [3.8, 4) is 0 Å². The normalized spacial score (nSPS) is 11.1. The molecule has 3 aromatic rings.